The number of rotatable bonds is 8. The molecule has 4 aromatic rings. The van der Waals surface area contributed by atoms with Crippen LogP contribution >= 0.6 is 0 Å². The van der Waals surface area contributed by atoms with E-state index < -0.39 is 0 Å². The first kappa shape index (κ1) is 21.1. The van der Waals surface area contributed by atoms with Gasteiger partial charge in [0.2, 0.25) is 11.7 Å². The van der Waals surface area contributed by atoms with Crippen LogP contribution in [0.15, 0.2) is 73.2 Å². The first-order valence-corrected chi connectivity index (χ1v) is 10.4. The van der Waals surface area contributed by atoms with Crippen molar-refractivity contribution in [3.05, 3.63) is 78.8 Å². The maximum absolute atomic E-state index is 12.4. The lowest BCUT2D eigenvalue weighted by atomic mass is 10.1. The van der Waals surface area contributed by atoms with Crippen molar-refractivity contribution in [2.75, 3.05) is 18.5 Å². The van der Waals surface area contributed by atoms with Crippen LogP contribution in [0.3, 0.4) is 0 Å². The number of nitrogens with one attached hydrogen (secondary N) is 1. The molecule has 2 aromatic heterocycles. The van der Waals surface area contributed by atoms with Gasteiger partial charge in [-0.15, -0.1) is 0 Å². The Labute approximate surface area is 186 Å². The van der Waals surface area contributed by atoms with Crippen LogP contribution in [0.2, 0.25) is 0 Å². The van der Waals surface area contributed by atoms with Crippen LogP contribution in [0, 0.1) is 0 Å². The molecule has 0 radical (unpaired) electrons. The standard InChI is InChI=1S/C25H24N4O3/c1-3-31-22-12-6-18(16-23(22)32-4-2)7-13-24(30)27-20-10-8-19(9-11-20)21-17-29-15-5-14-26-25(29)28-21/h5-17H,3-4H2,1-2H3,(H,27,30). The summed E-state index contributed by atoms with van der Waals surface area (Å²) in [4.78, 5) is 21.1. The molecule has 1 amide bonds. The van der Waals surface area contributed by atoms with E-state index in [2.05, 4.69) is 15.3 Å². The second-order valence-corrected chi connectivity index (χ2v) is 6.93. The van der Waals surface area contributed by atoms with E-state index in [-0.39, 0.29) is 5.91 Å². The second kappa shape index (κ2) is 9.78. The summed E-state index contributed by atoms with van der Waals surface area (Å²) in [5.74, 6) is 1.78. The van der Waals surface area contributed by atoms with Crippen molar-refractivity contribution < 1.29 is 14.3 Å². The van der Waals surface area contributed by atoms with Gasteiger partial charge in [0.05, 0.1) is 18.9 Å². The zero-order chi connectivity index (χ0) is 22.3. The fourth-order valence-electron chi connectivity index (χ4n) is 3.22. The van der Waals surface area contributed by atoms with E-state index >= 15 is 0 Å². The van der Waals surface area contributed by atoms with Crippen molar-refractivity contribution in [3.8, 4) is 22.8 Å². The Morgan fingerprint density at radius 1 is 1.06 bits per heavy atom. The zero-order valence-electron chi connectivity index (χ0n) is 18.0. The lowest BCUT2D eigenvalue weighted by Crippen LogP contribution is -2.07. The minimum absolute atomic E-state index is 0.221. The molecule has 7 heteroatoms. The molecule has 0 atom stereocenters. The maximum Gasteiger partial charge on any atom is 0.248 e. The summed E-state index contributed by atoms with van der Waals surface area (Å²) in [6, 6.07) is 15.0. The summed E-state index contributed by atoms with van der Waals surface area (Å²) < 4.78 is 13.1. The molecule has 4 rings (SSSR count). The Morgan fingerprint density at radius 2 is 1.84 bits per heavy atom. The van der Waals surface area contributed by atoms with Gasteiger partial charge in [-0.25, -0.2) is 9.97 Å². The van der Waals surface area contributed by atoms with E-state index in [1.54, 1.807) is 12.3 Å². The van der Waals surface area contributed by atoms with E-state index in [1.807, 2.05) is 79.2 Å². The summed E-state index contributed by atoms with van der Waals surface area (Å²) in [6.45, 7) is 4.94. The van der Waals surface area contributed by atoms with Crippen LogP contribution in [0.25, 0.3) is 23.1 Å². The lowest BCUT2D eigenvalue weighted by molar-refractivity contribution is -0.111. The molecule has 2 heterocycles. The number of hydrogen-bond acceptors (Lipinski definition) is 5. The molecule has 162 valence electrons. The number of carbonyl (C=O) groups is 1. The fourth-order valence-corrected chi connectivity index (χ4v) is 3.22. The van der Waals surface area contributed by atoms with Gasteiger partial charge in [-0.1, -0.05) is 18.2 Å². The number of benzene rings is 2. The van der Waals surface area contributed by atoms with Crippen LogP contribution in [-0.2, 0) is 4.79 Å². The Kier molecular flexibility index (Phi) is 6.46. The molecule has 0 saturated carbocycles. The molecule has 7 nitrogen and oxygen atoms in total. The minimum Gasteiger partial charge on any atom is -0.490 e. The van der Waals surface area contributed by atoms with Gasteiger partial charge in [-0.05, 0) is 55.8 Å². The molecule has 32 heavy (non-hydrogen) atoms. The first-order valence-electron chi connectivity index (χ1n) is 10.4. The van der Waals surface area contributed by atoms with Gasteiger partial charge < -0.3 is 14.8 Å². The van der Waals surface area contributed by atoms with Crippen molar-refractivity contribution >= 4 is 23.4 Å². The lowest BCUT2D eigenvalue weighted by Gasteiger charge is -2.11. The van der Waals surface area contributed by atoms with Gasteiger partial charge in [-0.2, -0.15) is 0 Å². The van der Waals surface area contributed by atoms with E-state index in [0.717, 1.165) is 16.8 Å². The first-order chi connectivity index (χ1) is 15.7. The molecule has 0 aliphatic heterocycles. The predicted octanol–water partition coefficient (Wildman–Crippen LogP) is 4.85. The van der Waals surface area contributed by atoms with E-state index in [1.165, 1.54) is 6.08 Å². The summed E-state index contributed by atoms with van der Waals surface area (Å²) >= 11 is 0. The van der Waals surface area contributed by atoms with E-state index in [4.69, 9.17) is 9.47 Å². The molecule has 0 fully saturated rings. The molecular weight excluding hydrogens is 404 g/mol. The Bertz CT molecular complexity index is 1210. The Morgan fingerprint density at radius 3 is 2.59 bits per heavy atom. The highest BCUT2D eigenvalue weighted by Gasteiger charge is 2.07. The molecule has 1 N–H and O–H groups in total. The number of fused-ring (bicyclic) bond motifs is 1. The number of aromatic nitrogens is 3. The van der Waals surface area contributed by atoms with Crippen molar-refractivity contribution in [2.24, 2.45) is 0 Å². The number of hydrogen-bond donors (Lipinski definition) is 1. The third-order valence-corrected chi connectivity index (χ3v) is 4.68. The zero-order valence-corrected chi connectivity index (χ0v) is 18.0. The van der Waals surface area contributed by atoms with Gasteiger partial charge >= 0.3 is 0 Å². The smallest absolute Gasteiger partial charge is 0.248 e. The molecule has 0 bridgehead atoms. The highest BCUT2D eigenvalue weighted by Crippen LogP contribution is 2.29. The molecule has 0 unspecified atom stereocenters. The maximum atomic E-state index is 12.4. The molecular formula is C25H24N4O3. The summed E-state index contributed by atoms with van der Waals surface area (Å²) in [7, 11) is 0. The van der Waals surface area contributed by atoms with Gasteiger partial charge in [0.1, 0.15) is 0 Å². The number of carbonyl (C=O) groups excluding carboxylic acids is 1. The fraction of sp³-hybridized carbons (Fsp3) is 0.160. The summed E-state index contributed by atoms with van der Waals surface area (Å²) in [5.41, 5.74) is 3.32. The molecule has 0 aliphatic rings. The second-order valence-electron chi connectivity index (χ2n) is 6.93. The topological polar surface area (TPSA) is 77.8 Å². The van der Waals surface area contributed by atoms with E-state index in [9.17, 15) is 4.79 Å². The van der Waals surface area contributed by atoms with E-state index in [0.29, 0.717) is 36.2 Å². The third kappa shape index (κ3) is 4.95. The summed E-state index contributed by atoms with van der Waals surface area (Å²) in [5, 5.41) is 2.87. The third-order valence-electron chi connectivity index (χ3n) is 4.68. The van der Waals surface area contributed by atoms with Crippen LogP contribution < -0.4 is 14.8 Å². The van der Waals surface area contributed by atoms with Crippen LogP contribution in [0.1, 0.15) is 19.4 Å². The summed E-state index contributed by atoms with van der Waals surface area (Å²) in [6.07, 6.45) is 8.77. The number of anilines is 1. The van der Waals surface area contributed by atoms with Crippen molar-refractivity contribution in [1.82, 2.24) is 14.4 Å². The van der Waals surface area contributed by atoms with Gasteiger partial charge in [0.25, 0.3) is 0 Å². The number of amides is 1. The van der Waals surface area contributed by atoms with Gasteiger partial charge in [0.15, 0.2) is 11.5 Å². The molecule has 0 aliphatic carbocycles. The van der Waals surface area contributed by atoms with Crippen LogP contribution in [-0.4, -0.2) is 33.5 Å². The number of nitrogens with zero attached hydrogens (tertiary/aromatic N) is 3. The molecule has 2 aromatic carbocycles. The highest BCUT2D eigenvalue weighted by molar-refractivity contribution is 6.02. The normalized spacial score (nSPS) is 11.1. The van der Waals surface area contributed by atoms with Crippen molar-refractivity contribution in [1.29, 1.82) is 0 Å². The average molecular weight is 428 g/mol. The van der Waals surface area contributed by atoms with Crippen LogP contribution in [0.5, 0.6) is 11.5 Å². The van der Waals surface area contributed by atoms with Crippen LogP contribution in [0.4, 0.5) is 5.69 Å². The largest absolute Gasteiger partial charge is 0.490 e. The average Bonchev–Trinajstić information content (AvgIpc) is 3.24. The number of imidazole rings is 1. The monoisotopic (exact) mass is 428 g/mol. The quantitative estimate of drug-likeness (QED) is 0.406. The van der Waals surface area contributed by atoms with Gasteiger partial charge in [0, 0.05) is 35.9 Å². The highest BCUT2D eigenvalue weighted by atomic mass is 16.5. The van der Waals surface area contributed by atoms with Gasteiger partial charge in [-0.3, -0.25) is 9.20 Å². The Balaban J connectivity index is 1.41. The molecule has 0 spiro atoms. The minimum atomic E-state index is -0.221. The van der Waals surface area contributed by atoms with Crippen molar-refractivity contribution in [3.63, 3.8) is 0 Å². The Hall–Kier alpha value is -4.13. The molecule has 0 saturated heterocycles. The van der Waals surface area contributed by atoms with Crippen molar-refractivity contribution in [2.45, 2.75) is 13.8 Å². The number of ether oxygens (including phenoxy) is 2. The predicted molar refractivity (Wildman–Crippen MR) is 125 cm³/mol. The SMILES string of the molecule is CCOc1ccc(C=CC(=O)Nc2ccc(-c3cn4cccnc4n3)cc2)cc1OCC.